The van der Waals surface area contributed by atoms with Crippen molar-refractivity contribution in [2.75, 3.05) is 14.2 Å². The summed E-state index contributed by atoms with van der Waals surface area (Å²) in [5, 5.41) is 8.93. The quantitative estimate of drug-likeness (QED) is 0.810. The molecule has 1 unspecified atom stereocenters. The fourth-order valence-corrected chi connectivity index (χ4v) is 1.77. The molecule has 5 nitrogen and oxygen atoms in total. The lowest BCUT2D eigenvalue weighted by Gasteiger charge is -2.17. The van der Waals surface area contributed by atoms with Crippen molar-refractivity contribution < 1.29 is 19.4 Å². The molecule has 0 saturated heterocycles. The first-order valence-corrected chi connectivity index (χ1v) is 5.28. The zero-order valence-corrected chi connectivity index (χ0v) is 10.2. The molecule has 0 amide bonds. The fourth-order valence-electron chi connectivity index (χ4n) is 1.77. The fraction of sp³-hybridized carbons (Fsp3) is 0.417. The highest BCUT2D eigenvalue weighted by molar-refractivity contribution is 5.77. The summed E-state index contributed by atoms with van der Waals surface area (Å²) >= 11 is 0. The lowest BCUT2D eigenvalue weighted by molar-refractivity contribution is -0.138. The summed E-state index contributed by atoms with van der Waals surface area (Å²) in [4.78, 5) is 10.9. The van der Waals surface area contributed by atoms with Crippen molar-refractivity contribution in [3.05, 3.63) is 23.3 Å². The van der Waals surface area contributed by atoms with Gasteiger partial charge in [0, 0.05) is 11.1 Å². The average molecular weight is 239 g/mol. The Kier molecular flexibility index (Phi) is 4.34. The molecule has 0 aromatic heterocycles. The topological polar surface area (TPSA) is 81.8 Å². The summed E-state index contributed by atoms with van der Waals surface area (Å²) in [5.74, 6) is 0.0722. The molecule has 5 heteroatoms. The third-order valence-electron chi connectivity index (χ3n) is 2.63. The van der Waals surface area contributed by atoms with Crippen LogP contribution in [0, 0.1) is 0 Å². The molecule has 0 fully saturated rings. The number of carboxylic acid groups (broad SMARTS) is 1. The summed E-state index contributed by atoms with van der Waals surface area (Å²) < 4.78 is 10.5. The molecule has 94 valence electrons. The van der Waals surface area contributed by atoms with E-state index < -0.39 is 12.0 Å². The average Bonchev–Trinajstić information content (AvgIpc) is 2.35. The van der Waals surface area contributed by atoms with E-state index in [1.165, 1.54) is 7.11 Å². The van der Waals surface area contributed by atoms with Gasteiger partial charge in [0.05, 0.1) is 14.2 Å². The van der Waals surface area contributed by atoms with E-state index in [4.69, 9.17) is 20.3 Å². The van der Waals surface area contributed by atoms with E-state index in [0.717, 1.165) is 5.56 Å². The van der Waals surface area contributed by atoms with E-state index in [1.54, 1.807) is 19.2 Å². The number of nitrogens with two attached hydrogens (primary N) is 1. The van der Waals surface area contributed by atoms with Crippen molar-refractivity contribution in [2.24, 2.45) is 5.73 Å². The molecule has 0 aliphatic heterocycles. The first-order valence-electron chi connectivity index (χ1n) is 5.28. The second kappa shape index (κ2) is 5.54. The zero-order chi connectivity index (χ0) is 13.0. The predicted molar refractivity (Wildman–Crippen MR) is 63.5 cm³/mol. The molecular formula is C12H17NO4. The largest absolute Gasteiger partial charge is 0.496 e. The lowest BCUT2D eigenvalue weighted by Crippen LogP contribution is -2.21. The van der Waals surface area contributed by atoms with Crippen molar-refractivity contribution in [3.8, 4) is 11.5 Å². The van der Waals surface area contributed by atoms with E-state index in [9.17, 15) is 4.79 Å². The Balaban J connectivity index is 3.37. The van der Waals surface area contributed by atoms with Gasteiger partial charge in [-0.1, -0.05) is 6.92 Å². The molecule has 1 aromatic carbocycles. The van der Waals surface area contributed by atoms with Crippen molar-refractivity contribution in [1.82, 2.24) is 0 Å². The van der Waals surface area contributed by atoms with E-state index in [0.29, 0.717) is 23.5 Å². The summed E-state index contributed by atoms with van der Waals surface area (Å²) in [6.45, 7) is 1.94. The molecule has 1 rings (SSSR count). The van der Waals surface area contributed by atoms with Gasteiger partial charge in [0.2, 0.25) is 0 Å². The summed E-state index contributed by atoms with van der Waals surface area (Å²) in [5.41, 5.74) is 6.89. The SMILES string of the molecule is CCc1c(OC)ccc(C(N)C(=O)O)c1OC. The van der Waals surface area contributed by atoms with Gasteiger partial charge in [0.1, 0.15) is 17.5 Å². The molecule has 0 spiro atoms. The number of ether oxygens (including phenoxy) is 2. The Bertz CT molecular complexity index is 417. The molecular weight excluding hydrogens is 222 g/mol. The second-order valence-corrected chi connectivity index (χ2v) is 3.54. The summed E-state index contributed by atoms with van der Waals surface area (Å²) in [7, 11) is 3.05. The van der Waals surface area contributed by atoms with Crippen LogP contribution in [0.15, 0.2) is 12.1 Å². The van der Waals surface area contributed by atoms with Crippen LogP contribution in [0.2, 0.25) is 0 Å². The van der Waals surface area contributed by atoms with Gasteiger partial charge in [0.15, 0.2) is 0 Å². The molecule has 0 saturated carbocycles. The Hall–Kier alpha value is -1.75. The van der Waals surface area contributed by atoms with E-state index in [1.807, 2.05) is 6.92 Å². The van der Waals surface area contributed by atoms with Gasteiger partial charge in [-0.3, -0.25) is 4.79 Å². The molecule has 0 heterocycles. The van der Waals surface area contributed by atoms with E-state index in [-0.39, 0.29) is 0 Å². The Labute approximate surface area is 100 Å². The van der Waals surface area contributed by atoms with Gasteiger partial charge in [0.25, 0.3) is 0 Å². The van der Waals surface area contributed by atoms with Crippen molar-refractivity contribution >= 4 is 5.97 Å². The van der Waals surface area contributed by atoms with E-state index >= 15 is 0 Å². The first kappa shape index (κ1) is 13.3. The smallest absolute Gasteiger partial charge is 0.325 e. The Morgan fingerprint density at radius 1 is 1.41 bits per heavy atom. The molecule has 17 heavy (non-hydrogen) atoms. The number of rotatable bonds is 5. The first-order chi connectivity index (χ1) is 8.06. The van der Waals surface area contributed by atoms with Crippen LogP contribution in [0.3, 0.4) is 0 Å². The number of hydrogen-bond acceptors (Lipinski definition) is 4. The molecule has 1 aromatic rings. The Morgan fingerprint density at radius 3 is 2.47 bits per heavy atom. The third kappa shape index (κ3) is 2.50. The number of aliphatic carboxylic acids is 1. The van der Waals surface area contributed by atoms with Gasteiger partial charge in [-0.25, -0.2) is 0 Å². The maximum Gasteiger partial charge on any atom is 0.325 e. The predicted octanol–water partition coefficient (Wildman–Crippen LogP) is 1.35. The van der Waals surface area contributed by atoms with Gasteiger partial charge < -0.3 is 20.3 Å². The van der Waals surface area contributed by atoms with Crippen LogP contribution in [0.25, 0.3) is 0 Å². The molecule has 0 radical (unpaired) electrons. The van der Waals surface area contributed by atoms with Crippen LogP contribution in [0.5, 0.6) is 11.5 Å². The van der Waals surface area contributed by atoms with Gasteiger partial charge >= 0.3 is 5.97 Å². The van der Waals surface area contributed by atoms with Crippen LogP contribution < -0.4 is 15.2 Å². The molecule has 0 aliphatic carbocycles. The minimum absolute atomic E-state index is 0.456. The zero-order valence-electron chi connectivity index (χ0n) is 10.2. The van der Waals surface area contributed by atoms with Crippen molar-refractivity contribution in [1.29, 1.82) is 0 Å². The van der Waals surface area contributed by atoms with Crippen LogP contribution in [0.1, 0.15) is 24.1 Å². The third-order valence-corrected chi connectivity index (χ3v) is 2.63. The second-order valence-electron chi connectivity index (χ2n) is 3.54. The van der Waals surface area contributed by atoms with Crippen LogP contribution in [-0.2, 0) is 11.2 Å². The molecule has 0 bridgehead atoms. The summed E-state index contributed by atoms with van der Waals surface area (Å²) in [6, 6.07) is 2.23. The van der Waals surface area contributed by atoms with Gasteiger partial charge in [-0.05, 0) is 18.6 Å². The maximum absolute atomic E-state index is 10.9. The van der Waals surface area contributed by atoms with Crippen LogP contribution in [0.4, 0.5) is 0 Å². The monoisotopic (exact) mass is 239 g/mol. The minimum Gasteiger partial charge on any atom is -0.496 e. The Morgan fingerprint density at radius 2 is 2.06 bits per heavy atom. The highest BCUT2D eigenvalue weighted by atomic mass is 16.5. The van der Waals surface area contributed by atoms with E-state index in [2.05, 4.69) is 0 Å². The van der Waals surface area contributed by atoms with Gasteiger partial charge in [-0.15, -0.1) is 0 Å². The van der Waals surface area contributed by atoms with Crippen molar-refractivity contribution in [2.45, 2.75) is 19.4 Å². The highest BCUT2D eigenvalue weighted by Gasteiger charge is 2.22. The summed E-state index contributed by atoms with van der Waals surface area (Å²) in [6.07, 6.45) is 0.673. The number of hydrogen-bond donors (Lipinski definition) is 2. The highest BCUT2D eigenvalue weighted by Crippen LogP contribution is 2.35. The number of methoxy groups -OCH3 is 2. The maximum atomic E-state index is 10.9. The number of carbonyl (C=O) groups is 1. The standard InChI is InChI=1S/C12H17NO4/c1-4-7-9(16-2)6-5-8(11(7)17-3)10(13)12(14)15/h5-6,10H,4,13H2,1-3H3,(H,14,15). The van der Waals surface area contributed by atoms with Crippen LogP contribution in [-0.4, -0.2) is 25.3 Å². The minimum atomic E-state index is -1.10. The van der Waals surface area contributed by atoms with Crippen molar-refractivity contribution in [3.63, 3.8) is 0 Å². The van der Waals surface area contributed by atoms with Crippen LogP contribution >= 0.6 is 0 Å². The molecule has 3 N–H and O–H groups in total. The number of benzene rings is 1. The van der Waals surface area contributed by atoms with Gasteiger partial charge in [-0.2, -0.15) is 0 Å². The number of carboxylic acids is 1. The molecule has 0 aliphatic rings. The lowest BCUT2D eigenvalue weighted by atomic mass is 10.0. The molecule has 1 atom stereocenters. The normalized spacial score (nSPS) is 12.0.